The molecule has 1 aromatic heterocycles. The summed E-state index contributed by atoms with van der Waals surface area (Å²) >= 11 is 0. The molecule has 4 N–H and O–H groups in total. The second kappa shape index (κ2) is 8.70. The molecule has 166 valence electrons. The molecule has 0 aliphatic carbocycles. The molecule has 1 atom stereocenters. The van der Waals surface area contributed by atoms with Crippen LogP contribution in [0.25, 0.3) is 11.3 Å². The predicted molar refractivity (Wildman–Crippen MR) is 130 cm³/mol. The Balaban J connectivity index is 1.50. The predicted octanol–water partition coefficient (Wildman–Crippen LogP) is 4.89. The molecule has 7 heteroatoms. The Morgan fingerprint density at radius 1 is 1.03 bits per heavy atom. The van der Waals surface area contributed by atoms with Crippen molar-refractivity contribution in [2.45, 2.75) is 12.5 Å². The summed E-state index contributed by atoms with van der Waals surface area (Å²) in [6, 6.07) is 25.4. The fourth-order valence-corrected chi connectivity index (χ4v) is 4.20. The summed E-state index contributed by atoms with van der Waals surface area (Å²) in [7, 11) is 1.90. The maximum absolute atomic E-state index is 12.5. The number of aromatic nitrogens is 2. The first-order chi connectivity index (χ1) is 16.1. The van der Waals surface area contributed by atoms with Crippen molar-refractivity contribution >= 4 is 17.4 Å². The van der Waals surface area contributed by atoms with Crippen LogP contribution in [-0.4, -0.2) is 29.3 Å². The normalized spacial score (nSPS) is 14.8. The molecule has 1 aliphatic heterocycles. The smallest absolute Gasteiger partial charge is 0.254 e. The molecule has 0 radical (unpaired) electrons. The van der Waals surface area contributed by atoms with Crippen LogP contribution in [0.5, 0.6) is 11.5 Å². The number of hydrogen-bond acceptors (Lipinski definition) is 5. The molecule has 1 amide bonds. The van der Waals surface area contributed by atoms with E-state index >= 15 is 0 Å². The number of nitrogens with one attached hydrogen (secondary N) is 2. The van der Waals surface area contributed by atoms with Crippen molar-refractivity contribution in [3.8, 4) is 22.8 Å². The van der Waals surface area contributed by atoms with E-state index in [0.29, 0.717) is 22.8 Å². The highest BCUT2D eigenvalue weighted by atomic mass is 16.5. The molecule has 5 rings (SSSR count). The molecule has 0 bridgehead atoms. The fraction of sp³-hybridized carbons (Fsp3) is 0.154. The molecule has 1 aliphatic rings. The number of anilines is 2. The lowest BCUT2D eigenvalue weighted by Gasteiger charge is -2.26. The third-order valence-corrected chi connectivity index (χ3v) is 5.85. The number of rotatable bonds is 6. The number of primary amides is 1. The van der Waals surface area contributed by atoms with Crippen molar-refractivity contribution < 1.29 is 9.53 Å². The topological polar surface area (TPSA) is 94.2 Å². The second-order valence-corrected chi connectivity index (χ2v) is 7.92. The molecule has 33 heavy (non-hydrogen) atoms. The molecule has 1 unspecified atom stereocenters. The number of benzene rings is 3. The molecule has 4 aromatic rings. The number of amides is 1. The van der Waals surface area contributed by atoms with Crippen molar-refractivity contribution in [2.75, 3.05) is 24.2 Å². The molecule has 3 aromatic carbocycles. The second-order valence-electron chi connectivity index (χ2n) is 7.92. The standard InChI is InChI=1S/C26H25N5O2/c1-28-19-11-7-17(8-12-19)22-15-16-29-26-23(25(27)32)24(30-31(22)26)18-9-13-21(14-10-18)33-20-5-3-2-4-6-20/h2-14,22,28-29H,15-16H2,1H3,(H2,27,32). The molecule has 0 spiro atoms. The van der Waals surface area contributed by atoms with E-state index in [1.165, 1.54) is 0 Å². The number of carbonyl (C=O) groups excluding carboxylic acids is 1. The van der Waals surface area contributed by atoms with Gasteiger partial charge in [-0.25, -0.2) is 4.68 Å². The van der Waals surface area contributed by atoms with E-state index in [4.69, 9.17) is 15.6 Å². The molecule has 2 heterocycles. The summed E-state index contributed by atoms with van der Waals surface area (Å²) < 4.78 is 7.78. The van der Waals surface area contributed by atoms with Gasteiger partial charge in [0.2, 0.25) is 0 Å². The Labute approximate surface area is 192 Å². The lowest BCUT2D eigenvalue weighted by atomic mass is 10.0. The molecular weight excluding hydrogens is 414 g/mol. The Kier molecular flexibility index (Phi) is 5.44. The van der Waals surface area contributed by atoms with Crippen LogP contribution in [0.1, 0.15) is 28.4 Å². The molecular formula is C26H25N5O2. The van der Waals surface area contributed by atoms with Gasteiger partial charge >= 0.3 is 0 Å². The maximum atomic E-state index is 12.5. The zero-order valence-corrected chi connectivity index (χ0v) is 18.3. The Morgan fingerprint density at radius 3 is 2.39 bits per heavy atom. The zero-order chi connectivity index (χ0) is 22.8. The van der Waals surface area contributed by atoms with Crippen molar-refractivity contribution in [2.24, 2.45) is 5.73 Å². The van der Waals surface area contributed by atoms with Gasteiger partial charge in [0.15, 0.2) is 0 Å². The first kappa shape index (κ1) is 20.6. The van der Waals surface area contributed by atoms with Gasteiger partial charge in [-0.2, -0.15) is 5.10 Å². The van der Waals surface area contributed by atoms with Gasteiger partial charge in [-0.15, -0.1) is 0 Å². The Morgan fingerprint density at radius 2 is 1.73 bits per heavy atom. The van der Waals surface area contributed by atoms with E-state index in [1.807, 2.05) is 78.5 Å². The highest BCUT2D eigenvalue weighted by Crippen LogP contribution is 2.37. The van der Waals surface area contributed by atoms with E-state index in [9.17, 15) is 4.79 Å². The van der Waals surface area contributed by atoms with Crippen LogP contribution in [0, 0.1) is 0 Å². The van der Waals surface area contributed by atoms with Crippen LogP contribution < -0.4 is 21.1 Å². The van der Waals surface area contributed by atoms with Crippen LogP contribution in [0.3, 0.4) is 0 Å². The summed E-state index contributed by atoms with van der Waals surface area (Å²) in [5.41, 5.74) is 9.76. The monoisotopic (exact) mass is 439 g/mol. The first-order valence-corrected chi connectivity index (χ1v) is 10.9. The highest BCUT2D eigenvalue weighted by Gasteiger charge is 2.30. The maximum Gasteiger partial charge on any atom is 0.254 e. The summed E-state index contributed by atoms with van der Waals surface area (Å²) in [6.07, 6.45) is 0.856. The van der Waals surface area contributed by atoms with Crippen LogP contribution in [0.2, 0.25) is 0 Å². The van der Waals surface area contributed by atoms with Crippen molar-refractivity contribution in [1.29, 1.82) is 0 Å². The number of fused-ring (bicyclic) bond motifs is 1. The van der Waals surface area contributed by atoms with Crippen molar-refractivity contribution in [3.05, 3.63) is 90.0 Å². The first-order valence-electron chi connectivity index (χ1n) is 10.9. The molecule has 0 saturated carbocycles. The van der Waals surface area contributed by atoms with Gasteiger partial charge in [0.05, 0.1) is 6.04 Å². The number of nitrogens with two attached hydrogens (primary N) is 1. The minimum absolute atomic E-state index is 0.0136. The molecule has 7 nitrogen and oxygen atoms in total. The van der Waals surface area contributed by atoms with Crippen LogP contribution in [-0.2, 0) is 0 Å². The van der Waals surface area contributed by atoms with Crippen LogP contribution >= 0.6 is 0 Å². The van der Waals surface area contributed by atoms with Gasteiger partial charge in [0.1, 0.15) is 28.6 Å². The van der Waals surface area contributed by atoms with Gasteiger partial charge in [-0.1, -0.05) is 30.3 Å². The average Bonchev–Trinajstić information content (AvgIpc) is 3.25. The molecule has 0 fully saturated rings. The number of nitrogens with zero attached hydrogens (tertiary/aromatic N) is 2. The Bertz CT molecular complexity index is 1260. The van der Waals surface area contributed by atoms with Gasteiger partial charge in [-0.3, -0.25) is 4.79 Å². The van der Waals surface area contributed by atoms with E-state index in [0.717, 1.165) is 35.5 Å². The van der Waals surface area contributed by atoms with Crippen molar-refractivity contribution in [1.82, 2.24) is 9.78 Å². The summed E-state index contributed by atoms with van der Waals surface area (Å²) in [4.78, 5) is 12.5. The van der Waals surface area contributed by atoms with E-state index in [-0.39, 0.29) is 6.04 Å². The number of ether oxygens (including phenoxy) is 1. The largest absolute Gasteiger partial charge is 0.457 e. The summed E-state index contributed by atoms with van der Waals surface area (Å²) in [6.45, 7) is 0.730. The number of para-hydroxylation sites is 1. The lowest BCUT2D eigenvalue weighted by Crippen LogP contribution is -2.26. The van der Waals surface area contributed by atoms with Gasteiger partial charge in [-0.05, 0) is 60.5 Å². The van der Waals surface area contributed by atoms with Gasteiger partial charge in [0.25, 0.3) is 5.91 Å². The summed E-state index contributed by atoms with van der Waals surface area (Å²) in [5.74, 6) is 1.62. The fourth-order valence-electron chi connectivity index (χ4n) is 4.20. The van der Waals surface area contributed by atoms with E-state index in [1.54, 1.807) is 0 Å². The van der Waals surface area contributed by atoms with Gasteiger partial charge < -0.3 is 21.1 Å². The SMILES string of the molecule is CNc1ccc(C2CCNc3c(C(N)=O)c(-c4ccc(Oc5ccccc5)cc4)nn32)cc1. The van der Waals surface area contributed by atoms with Gasteiger partial charge in [0, 0.05) is 24.8 Å². The van der Waals surface area contributed by atoms with E-state index in [2.05, 4.69) is 22.8 Å². The van der Waals surface area contributed by atoms with Crippen LogP contribution in [0.4, 0.5) is 11.5 Å². The minimum atomic E-state index is -0.505. The van der Waals surface area contributed by atoms with E-state index < -0.39 is 5.91 Å². The molecule has 0 saturated heterocycles. The minimum Gasteiger partial charge on any atom is -0.457 e. The number of carbonyl (C=O) groups is 1. The third-order valence-electron chi connectivity index (χ3n) is 5.85. The average molecular weight is 440 g/mol. The lowest BCUT2D eigenvalue weighted by molar-refractivity contribution is 0.100. The third kappa shape index (κ3) is 4.01. The Hall–Kier alpha value is -4.26. The quantitative estimate of drug-likeness (QED) is 0.398. The number of hydrogen-bond donors (Lipinski definition) is 3. The zero-order valence-electron chi connectivity index (χ0n) is 18.3. The summed E-state index contributed by atoms with van der Waals surface area (Å²) in [5, 5.41) is 11.3. The highest BCUT2D eigenvalue weighted by molar-refractivity contribution is 6.03. The van der Waals surface area contributed by atoms with Crippen molar-refractivity contribution in [3.63, 3.8) is 0 Å². The van der Waals surface area contributed by atoms with Crippen LogP contribution in [0.15, 0.2) is 78.9 Å².